The van der Waals surface area contributed by atoms with Crippen molar-refractivity contribution in [2.75, 3.05) is 0 Å². The van der Waals surface area contributed by atoms with E-state index in [9.17, 15) is 14.4 Å². The molecule has 2 aromatic rings. The van der Waals surface area contributed by atoms with Gasteiger partial charge in [0, 0.05) is 10.6 Å². The monoisotopic (exact) mass is 416 g/mol. The van der Waals surface area contributed by atoms with Gasteiger partial charge < -0.3 is 15.4 Å². The average molecular weight is 417 g/mol. The molecule has 6 nitrogen and oxygen atoms in total. The van der Waals surface area contributed by atoms with Crippen LogP contribution in [0.3, 0.4) is 0 Å². The van der Waals surface area contributed by atoms with E-state index in [2.05, 4.69) is 10.6 Å². The third kappa shape index (κ3) is 6.91. The van der Waals surface area contributed by atoms with Crippen LogP contribution in [0.4, 0.5) is 0 Å². The van der Waals surface area contributed by atoms with Gasteiger partial charge in [-0.1, -0.05) is 41.9 Å². The number of esters is 1. The summed E-state index contributed by atoms with van der Waals surface area (Å²) in [6.45, 7) is 6.80. The SMILES string of the molecule is CC(NC(=O)c1ccc(Cl)cc1)C(=O)NC(C(=O)OC(C)(C)C)c1ccccc1. The molecule has 0 bridgehead atoms. The first-order chi connectivity index (χ1) is 13.6. The summed E-state index contributed by atoms with van der Waals surface area (Å²) in [6, 6.07) is 13.3. The lowest BCUT2D eigenvalue weighted by Gasteiger charge is -2.26. The second-order valence-electron chi connectivity index (χ2n) is 7.59. The van der Waals surface area contributed by atoms with Crippen LogP contribution in [0.15, 0.2) is 54.6 Å². The van der Waals surface area contributed by atoms with Gasteiger partial charge in [-0.25, -0.2) is 4.79 Å². The zero-order valence-electron chi connectivity index (χ0n) is 16.9. The second kappa shape index (κ2) is 9.56. The van der Waals surface area contributed by atoms with Crippen LogP contribution >= 0.6 is 11.6 Å². The molecule has 7 heteroatoms. The maximum atomic E-state index is 12.7. The molecular formula is C22H25ClN2O4. The Hall–Kier alpha value is -2.86. The molecule has 2 unspecified atom stereocenters. The highest BCUT2D eigenvalue weighted by molar-refractivity contribution is 6.30. The molecule has 2 atom stereocenters. The number of halogens is 1. The lowest BCUT2D eigenvalue weighted by Crippen LogP contribution is -2.48. The number of carbonyl (C=O) groups excluding carboxylic acids is 3. The van der Waals surface area contributed by atoms with Gasteiger partial charge in [-0.05, 0) is 57.5 Å². The van der Waals surface area contributed by atoms with Gasteiger partial charge in [0.25, 0.3) is 5.91 Å². The molecule has 0 saturated carbocycles. The summed E-state index contributed by atoms with van der Waals surface area (Å²) >= 11 is 5.82. The summed E-state index contributed by atoms with van der Waals surface area (Å²) in [5.74, 6) is -1.50. The number of carbonyl (C=O) groups is 3. The smallest absolute Gasteiger partial charge is 0.333 e. The molecule has 2 aromatic carbocycles. The van der Waals surface area contributed by atoms with Crippen LogP contribution in [0.1, 0.15) is 49.7 Å². The Labute approximate surface area is 175 Å². The maximum Gasteiger partial charge on any atom is 0.333 e. The van der Waals surface area contributed by atoms with Gasteiger partial charge in [-0.15, -0.1) is 0 Å². The van der Waals surface area contributed by atoms with Crippen molar-refractivity contribution in [3.8, 4) is 0 Å². The molecule has 0 spiro atoms. The zero-order chi connectivity index (χ0) is 21.6. The van der Waals surface area contributed by atoms with Gasteiger partial charge in [0.05, 0.1) is 0 Å². The van der Waals surface area contributed by atoms with Crippen LogP contribution in [0, 0.1) is 0 Å². The highest BCUT2D eigenvalue weighted by Crippen LogP contribution is 2.19. The van der Waals surface area contributed by atoms with Crippen molar-refractivity contribution in [1.82, 2.24) is 10.6 Å². The Morgan fingerprint density at radius 2 is 1.52 bits per heavy atom. The largest absolute Gasteiger partial charge is 0.458 e. The first-order valence-electron chi connectivity index (χ1n) is 9.21. The van der Waals surface area contributed by atoms with E-state index >= 15 is 0 Å². The van der Waals surface area contributed by atoms with Crippen molar-refractivity contribution in [3.63, 3.8) is 0 Å². The van der Waals surface area contributed by atoms with E-state index in [4.69, 9.17) is 16.3 Å². The fourth-order valence-corrected chi connectivity index (χ4v) is 2.62. The third-order valence-corrected chi connectivity index (χ3v) is 4.16. The Morgan fingerprint density at radius 1 is 0.931 bits per heavy atom. The van der Waals surface area contributed by atoms with Gasteiger partial charge in [0.1, 0.15) is 11.6 Å². The second-order valence-corrected chi connectivity index (χ2v) is 8.02. The molecule has 2 amide bonds. The van der Waals surface area contributed by atoms with Crippen molar-refractivity contribution >= 4 is 29.4 Å². The van der Waals surface area contributed by atoms with E-state index in [1.807, 2.05) is 6.07 Å². The summed E-state index contributed by atoms with van der Waals surface area (Å²) in [7, 11) is 0. The van der Waals surface area contributed by atoms with Crippen LogP contribution in [0.2, 0.25) is 5.02 Å². The molecule has 0 radical (unpaired) electrons. The van der Waals surface area contributed by atoms with Crippen molar-refractivity contribution in [3.05, 3.63) is 70.7 Å². The van der Waals surface area contributed by atoms with Crippen molar-refractivity contribution in [2.45, 2.75) is 45.4 Å². The molecule has 0 heterocycles. The summed E-state index contributed by atoms with van der Waals surface area (Å²) in [6.07, 6.45) is 0. The number of rotatable bonds is 6. The molecule has 0 aliphatic heterocycles. The number of nitrogens with one attached hydrogen (secondary N) is 2. The zero-order valence-corrected chi connectivity index (χ0v) is 17.6. The minimum absolute atomic E-state index is 0.376. The van der Waals surface area contributed by atoms with Crippen molar-refractivity contribution in [2.24, 2.45) is 0 Å². The molecule has 29 heavy (non-hydrogen) atoms. The Morgan fingerprint density at radius 3 is 2.07 bits per heavy atom. The third-order valence-electron chi connectivity index (χ3n) is 3.91. The number of hydrogen-bond acceptors (Lipinski definition) is 4. The van der Waals surface area contributed by atoms with Gasteiger partial charge in [0.2, 0.25) is 5.91 Å². The minimum atomic E-state index is -0.988. The first kappa shape index (κ1) is 22.4. The predicted molar refractivity (Wildman–Crippen MR) is 112 cm³/mol. The molecule has 0 aliphatic carbocycles. The van der Waals surface area contributed by atoms with E-state index in [1.54, 1.807) is 76.2 Å². The summed E-state index contributed by atoms with van der Waals surface area (Å²) in [4.78, 5) is 37.6. The minimum Gasteiger partial charge on any atom is -0.458 e. The van der Waals surface area contributed by atoms with Gasteiger partial charge in [-0.2, -0.15) is 0 Å². The molecule has 2 N–H and O–H groups in total. The standard InChI is InChI=1S/C22H25ClN2O4/c1-14(24-20(27)16-10-12-17(23)13-11-16)19(26)25-18(15-8-6-5-7-9-15)21(28)29-22(2,3)4/h5-14,18H,1-4H3,(H,24,27)(H,25,26). The van der Waals surface area contributed by atoms with E-state index in [0.29, 0.717) is 16.1 Å². The normalized spacial score (nSPS) is 13.1. The summed E-state index contributed by atoms with van der Waals surface area (Å²) < 4.78 is 5.44. The van der Waals surface area contributed by atoms with Crippen molar-refractivity contribution < 1.29 is 19.1 Å². The topological polar surface area (TPSA) is 84.5 Å². The molecule has 0 aromatic heterocycles. The summed E-state index contributed by atoms with van der Waals surface area (Å²) in [5, 5.41) is 5.79. The Balaban J connectivity index is 2.10. The van der Waals surface area contributed by atoms with E-state index < -0.39 is 35.5 Å². The molecule has 2 rings (SSSR count). The first-order valence-corrected chi connectivity index (χ1v) is 9.59. The molecule has 0 aliphatic rings. The molecule has 0 fully saturated rings. The lowest BCUT2D eigenvalue weighted by molar-refractivity contribution is -0.159. The van der Waals surface area contributed by atoms with Crippen molar-refractivity contribution in [1.29, 1.82) is 0 Å². The van der Waals surface area contributed by atoms with Gasteiger partial charge in [0.15, 0.2) is 6.04 Å². The van der Waals surface area contributed by atoms with Gasteiger partial charge in [-0.3, -0.25) is 9.59 Å². The average Bonchev–Trinajstić information content (AvgIpc) is 2.65. The maximum absolute atomic E-state index is 12.7. The molecule has 154 valence electrons. The van der Waals surface area contributed by atoms with Crippen LogP contribution in [-0.2, 0) is 14.3 Å². The fourth-order valence-electron chi connectivity index (χ4n) is 2.50. The van der Waals surface area contributed by atoms with Gasteiger partial charge >= 0.3 is 5.97 Å². The lowest BCUT2D eigenvalue weighted by atomic mass is 10.1. The highest BCUT2D eigenvalue weighted by Gasteiger charge is 2.29. The molecular weight excluding hydrogens is 392 g/mol. The summed E-state index contributed by atoms with van der Waals surface area (Å²) in [5.41, 5.74) is 0.260. The van der Waals surface area contributed by atoms with Crippen LogP contribution in [-0.4, -0.2) is 29.4 Å². The van der Waals surface area contributed by atoms with Crippen LogP contribution in [0.25, 0.3) is 0 Å². The van der Waals surface area contributed by atoms with E-state index in [0.717, 1.165) is 0 Å². The Bertz CT molecular complexity index is 861. The Kier molecular flexibility index (Phi) is 7.40. The highest BCUT2D eigenvalue weighted by atomic mass is 35.5. The van der Waals surface area contributed by atoms with Crippen LogP contribution < -0.4 is 10.6 Å². The fraction of sp³-hybridized carbons (Fsp3) is 0.318. The number of hydrogen-bond donors (Lipinski definition) is 2. The predicted octanol–water partition coefficient (Wildman–Crippen LogP) is 3.66. The number of amides is 2. The van der Waals surface area contributed by atoms with E-state index in [-0.39, 0.29) is 0 Å². The number of benzene rings is 2. The quantitative estimate of drug-likeness (QED) is 0.704. The number of ether oxygens (including phenoxy) is 1. The van der Waals surface area contributed by atoms with Crippen LogP contribution in [0.5, 0.6) is 0 Å². The van der Waals surface area contributed by atoms with E-state index in [1.165, 1.54) is 0 Å². The molecule has 0 saturated heterocycles.